The van der Waals surface area contributed by atoms with Gasteiger partial charge in [-0.1, -0.05) is 0 Å². The summed E-state index contributed by atoms with van der Waals surface area (Å²) in [5.74, 6) is -2.56. The smallest absolute Gasteiger partial charge is 0.344 e. The van der Waals surface area contributed by atoms with Crippen LogP contribution < -0.4 is 5.56 Å². The molecule has 4 nitrogen and oxygen atoms in total. The van der Waals surface area contributed by atoms with Gasteiger partial charge in [-0.2, -0.15) is 0 Å². The fourth-order valence-electron chi connectivity index (χ4n) is 0.800. The van der Waals surface area contributed by atoms with Crippen LogP contribution in [0.25, 0.3) is 0 Å². The van der Waals surface area contributed by atoms with E-state index in [0.717, 1.165) is 10.6 Å². The van der Waals surface area contributed by atoms with E-state index >= 15 is 0 Å². The number of aryl methyl sites for hydroxylation is 1. The molecule has 5 heteroatoms. The number of aromatic carboxylic acids is 1. The van der Waals surface area contributed by atoms with E-state index < -0.39 is 22.9 Å². The topological polar surface area (TPSA) is 59.3 Å². The summed E-state index contributed by atoms with van der Waals surface area (Å²) in [5.41, 5.74) is -1.66. The van der Waals surface area contributed by atoms with Crippen molar-refractivity contribution in [1.29, 1.82) is 0 Å². The van der Waals surface area contributed by atoms with Crippen LogP contribution in [-0.4, -0.2) is 15.6 Å². The van der Waals surface area contributed by atoms with E-state index in [0.29, 0.717) is 0 Å². The molecule has 0 radical (unpaired) electrons. The van der Waals surface area contributed by atoms with Gasteiger partial charge >= 0.3 is 5.97 Å². The average molecular weight is 171 g/mol. The van der Waals surface area contributed by atoms with Gasteiger partial charge in [0.2, 0.25) is 0 Å². The molecular weight excluding hydrogens is 165 g/mol. The maximum Gasteiger partial charge on any atom is 0.344 e. The van der Waals surface area contributed by atoms with Gasteiger partial charge in [0.1, 0.15) is 5.82 Å². The quantitative estimate of drug-likeness (QED) is 0.657. The second-order valence-electron chi connectivity index (χ2n) is 2.26. The van der Waals surface area contributed by atoms with E-state index in [1.807, 2.05) is 0 Å². The summed E-state index contributed by atoms with van der Waals surface area (Å²) < 4.78 is 13.7. The number of aromatic nitrogens is 1. The first kappa shape index (κ1) is 8.45. The van der Waals surface area contributed by atoms with Crippen LogP contribution in [0, 0.1) is 5.82 Å². The van der Waals surface area contributed by atoms with Gasteiger partial charge in [0.15, 0.2) is 5.56 Å². The molecule has 0 saturated heterocycles. The van der Waals surface area contributed by atoms with Gasteiger partial charge in [-0.05, 0) is 6.07 Å². The highest BCUT2D eigenvalue weighted by atomic mass is 19.1. The monoisotopic (exact) mass is 171 g/mol. The maximum absolute atomic E-state index is 12.7. The van der Waals surface area contributed by atoms with Gasteiger partial charge in [0, 0.05) is 13.2 Å². The maximum atomic E-state index is 12.7. The third kappa shape index (κ3) is 1.20. The van der Waals surface area contributed by atoms with Gasteiger partial charge in [-0.3, -0.25) is 4.79 Å². The standard InChI is InChI=1S/C7H6FNO3/c1-9-3-2-4(8)5(6(9)10)7(11)12/h2-3H,1H3,(H,11,12). The molecule has 1 N–H and O–H groups in total. The second-order valence-corrected chi connectivity index (χ2v) is 2.26. The fraction of sp³-hybridized carbons (Fsp3) is 0.143. The fourth-order valence-corrected chi connectivity index (χ4v) is 0.800. The van der Waals surface area contributed by atoms with Crippen molar-refractivity contribution in [3.63, 3.8) is 0 Å². The van der Waals surface area contributed by atoms with Crippen molar-refractivity contribution in [3.8, 4) is 0 Å². The van der Waals surface area contributed by atoms with E-state index in [4.69, 9.17) is 5.11 Å². The highest BCUT2D eigenvalue weighted by molar-refractivity contribution is 5.87. The molecule has 1 rings (SSSR count). The summed E-state index contributed by atoms with van der Waals surface area (Å²) in [6.07, 6.45) is 1.17. The Balaban J connectivity index is 3.55. The molecule has 1 aromatic heterocycles. The Bertz CT molecular complexity index is 383. The zero-order valence-corrected chi connectivity index (χ0v) is 6.24. The number of nitrogens with zero attached hydrogens (tertiary/aromatic N) is 1. The van der Waals surface area contributed by atoms with Crippen LogP contribution in [0.15, 0.2) is 17.1 Å². The van der Waals surface area contributed by atoms with E-state index in [1.165, 1.54) is 13.2 Å². The van der Waals surface area contributed by atoms with E-state index in [1.54, 1.807) is 0 Å². The summed E-state index contributed by atoms with van der Waals surface area (Å²) in [6, 6.07) is 0.935. The third-order valence-electron chi connectivity index (χ3n) is 1.43. The number of carboxylic acid groups (broad SMARTS) is 1. The first-order chi connectivity index (χ1) is 5.54. The lowest BCUT2D eigenvalue weighted by Crippen LogP contribution is -2.25. The lowest BCUT2D eigenvalue weighted by molar-refractivity contribution is 0.0689. The van der Waals surface area contributed by atoms with Crippen LogP contribution in [0.4, 0.5) is 4.39 Å². The number of halogens is 1. The molecule has 0 amide bonds. The van der Waals surface area contributed by atoms with Crippen LogP contribution in [-0.2, 0) is 7.05 Å². The number of hydrogen-bond acceptors (Lipinski definition) is 2. The van der Waals surface area contributed by atoms with Crippen LogP contribution in [0.3, 0.4) is 0 Å². The Morgan fingerprint density at radius 3 is 2.67 bits per heavy atom. The van der Waals surface area contributed by atoms with Crippen molar-refractivity contribution in [3.05, 3.63) is 34.0 Å². The molecule has 64 valence electrons. The first-order valence-electron chi connectivity index (χ1n) is 3.12. The first-order valence-corrected chi connectivity index (χ1v) is 3.12. The number of pyridine rings is 1. The molecule has 0 aliphatic heterocycles. The normalized spacial score (nSPS) is 9.83. The van der Waals surface area contributed by atoms with E-state index in [2.05, 4.69) is 0 Å². The summed E-state index contributed by atoms with van der Waals surface area (Å²) in [6.45, 7) is 0. The van der Waals surface area contributed by atoms with Gasteiger partial charge in [-0.25, -0.2) is 9.18 Å². The highest BCUT2D eigenvalue weighted by Gasteiger charge is 2.15. The zero-order chi connectivity index (χ0) is 9.30. The third-order valence-corrected chi connectivity index (χ3v) is 1.43. The molecule has 12 heavy (non-hydrogen) atoms. The van der Waals surface area contributed by atoms with Crippen LogP contribution in [0.1, 0.15) is 10.4 Å². The van der Waals surface area contributed by atoms with Crippen molar-refractivity contribution in [1.82, 2.24) is 4.57 Å². The highest BCUT2D eigenvalue weighted by Crippen LogP contribution is 1.99. The number of rotatable bonds is 1. The van der Waals surface area contributed by atoms with Crippen LogP contribution >= 0.6 is 0 Å². The molecular formula is C7H6FNO3. The van der Waals surface area contributed by atoms with Gasteiger partial charge in [0.25, 0.3) is 5.56 Å². The summed E-state index contributed by atoms with van der Waals surface area (Å²) in [5, 5.41) is 8.42. The minimum Gasteiger partial charge on any atom is -0.477 e. The molecule has 0 unspecified atom stereocenters. The predicted octanol–water partition coefficient (Wildman–Crippen LogP) is 0.223. The summed E-state index contributed by atoms with van der Waals surface area (Å²) in [7, 11) is 1.36. The molecule has 0 aliphatic carbocycles. The number of hydrogen-bond donors (Lipinski definition) is 1. The minimum atomic E-state index is -1.55. The predicted molar refractivity (Wildman–Crippen MR) is 38.6 cm³/mol. The Hall–Kier alpha value is -1.65. The lowest BCUT2D eigenvalue weighted by atomic mass is 10.2. The molecule has 0 fully saturated rings. The van der Waals surface area contributed by atoms with Crippen molar-refractivity contribution in [2.45, 2.75) is 0 Å². The molecule has 0 bridgehead atoms. The molecule has 0 aliphatic rings. The van der Waals surface area contributed by atoms with Crippen molar-refractivity contribution in [2.75, 3.05) is 0 Å². The largest absolute Gasteiger partial charge is 0.477 e. The Morgan fingerprint density at radius 2 is 2.25 bits per heavy atom. The molecule has 0 aromatic carbocycles. The van der Waals surface area contributed by atoms with E-state index in [9.17, 15) is 14.0 Å². The van der Waals surface area contributed by atoms with Crippen molar-refractivity contribution in [2.24, 2.45) is 7.05 Å². The van der Waals surface area contributed by atoms with Gasteiger partial charge in [-0.15, -0.1) is 0 Å². The second kappa shape index (κ2) is 2.77. The Kier molecular flexibility index (Phi) is 1.95. The number of carbonyl (C=O) groups is 1. The molecule has 0 saturated carbocycles. The average Bonchev–Trinajstić information content (AvgIpc) is 1.97. The molecule has 1 aromatic rings. The zero-order valence-electron chi connectivity index (χ0n) is 6.24. The lowest BCUT2D eigenvalue weighted by Gasteiger charge is -1.99. The molecule has 0 atom stereocenters. The molecule has 1 heterocycles. The van der Waals surface area contributed by atoms with Crippen LogP contribution in [0.2, 0.25) is 0 Å². The number of carboxylic acids is 1. The van der Waals surface area contributed by atoms with Gasteiger partial charge in [0.05, 0.1) is 0 Å². The summed E-state index contributed by atoms with van der Waals surface area (Å²) in [4.78, 5) is 21.3. The van der Waals surface area contributed by atoms with E-state index in [-0.39, 0.29) is 0 Å². The van der Waals surface area contributed by atoms with Gasteiger partial charge < -0.3 is 9.67 Å². The van der Waals surface area contributed by atoms with Crippen LogP contribution in [0.5, 0.6) is 0 Å². The SMILES string of the molecule is Cn1ccc(F)c(C(=O)O)c1=O. The van der Waals surface area contributed by atoms with Crippen molar-refractivity contribution < 1.29 is 14.3 Å². The Morgan fingerprint density at radius 1 is 1.67 bits per heavy atom. The minimum absolute atomic E-state index is 0.819. The summed E-state index contributed by atoms with van der Waals surface area (Å²) >= 11 is 0. The molecule has 0 spiro atoms. The van der Waals surface area contributed by atoms with Crippen molar-refractivity contribution >= 4 is 5.97 Å². The Labute approximate surface area is 66.9 Å².